The highest BCUT2D eigenvalue weighted by Crippen LogP contribution is 2.20. The third kappa shape index (κ3) is 2.64. The Labute approximate surface area is 120 Å². The van der Waals surface area contributed by atoms with Crippen LogP contribution in [-0.4, -0.2) is 52.2 Å². The predicted octanol–water partition coefficient (Wildman–Crippen LogP) is 0.488. The van der Waals surface area contributed by atoms with Crippen molar-refractivity contribution >= 4 is 17.5 Å². The van der Waals surface area contributed by atoms with Crippen LogP contribution in [0.25, 0.3) is 0 Å². The number of benzene rings is 1. The lowest BCUT2D eigenvalue weighted by atomic mass is 10.2. The van der Waals surface area contributed by atoms with Gasteiger partial charge in [0.15, 0.2) is 0 Å². The molecule has 0 atom stereocenters. The van der Waals surface area contributed by atoms with E-state index in [1.807, 2.05) is 4.90 Å². The number of carbonyl (C=O) groups is 1. The number of hydrogen-bond acceptors (Lipinski definition) is 5. The molecule has 1 aliphatic rings. The number of H-pyrrole nitrogens is 1. The van der Waals surface area contributed by atoms with Crippen molar-refractivity contribution in [3.8, 4) is 0 Å². The number of para-hydroxylation sites is 1. The highest BCUT2D eigenvalue weighted by Gasteiger charge is 2.25. The number of nitrogens with two attached hydrogens (primary N) is 1. The largest absolute Gasteiger partial charge is 0.366 e. The number of halogens is 1. The molecule has 0 bridgehead atoms. The number of amides is 1. The van der Waals surface area contributed by atoms with E-state index in [0.29, 0.717) is 31.9 Å². The summed E-state index contributed by atoms with van der Waals surface area (Å²) >= 11 is 0. The first-order chi connectivity index (χ1) is 10.1. The molecule has 0 saturated carbocycles. The molecule has 0 radical (unpaired) electrons. The summed E-state index contributed by atoms with van der Waals surface area (Å²) in [5.74, 6) is -0.317. The number of piperazine rings is 1. The van der Waals surface area contributed by atoms with E-state index in [0.717, 1.165) is 0 Å². The van der Waals surface area contributed by atoms with Gasteiger partial charge < -0.3 is 15.5 Å². The van der Waals surface area contributed by atoms with Crippen LogP contribution in [0.3, 0.4) is 0 Å². The summed E-state index contributed by atoms with van der Waals surface area (Å²) in [6, 6.07) is 6.63. The van der Waals surface area contributed by atoms with Crippen LogP contribution < -0.4 is 10.6 Å². The van der Waals surface area contributed by atoms with E-state index in [1.54, 1.807) is 23.1 Å². The fourth-order valence-electron chi connectivity index (χ4n) is 2.38. The van der Waals surface area contributed by atoms with Gasteiger partial charge in [0.1, 0.15) is 5.82 Å². The van der Waals surface area contributed by atoms with Crippen LogP contribution in [0.5, 0.6) is 0 Å². The standard InChI is InChI=1S/C13H15FN6O/c14-9-3-1-2-4-10(9)19-5-7-20(8-6-19)12(21)11-16-13(15)18-17-11/h1-4H,5-8H2,(H3,15,16,17,18). The van der Waals surface area contributed by atoms with Crippen molar-refractivity contribution in [1.82, 2.24) is 20.1 Å². The third-order valence-corrected chi connectivity index (χ3v) is 3.47. The zero-order valence-electron chi connectivity index (χ0n) is 11.3. The van der Waals surface area contributed by atoms with E-state index in [2.05, 4.69) is 15.2 Å². The highest BCUT2D eigenvalue weighted by molar-refractivity contribution is 5.90. The molecule has 3 rings (SSSR count). The lowest BCUT2D eigenvalue weighted by Crippen LogP contribution is -2.49. The Morgan fingerprint density at radius 1 is 1.24 bits per heavy atom. The predicted molar refractivity (Wildman–Crippen MR) is 75.3 cm³/mol. The number of nitrogens with one attached hydrogen (secondary N) is 1. The van der Waals surface area contributed by atoms with Gasteiger partial charge in [-0.05, 0) is 12.1 Å². The smallest absolute Gasteiger partial charge is 0.291 e. The maximum absolute atomic E-state index is 13.7. The van der Waals surface area contributed by atoms with E-state index < -0.39 is 0 Å². The van der Waals surface area contributed by atoms with Crippen molar-refractivity contribution in [2.45, 2.75) is 0 Å². The van der Waals surface area contributed by atoms with Gasteiger partial charge in [-0.2, -0.15) is 4.98 Å². The van der Waals surface area contributed by atoms with Crippen LogP contribution in [-0.2, 0) is 0 Å². The number of hydrogen-bond donors (Lipinski definition) is 2. The molecule has 110 valence electrons. The molecule has 1 aromatic heterocycles. The number of nitrogens with zero attached hydrogens (tertiary/aromatic N) is 4. The average Bonchev–Trinajstić information content (AvgIpc) is 2.94. The van der Waals surface area contributed by atoms with Gasteiger partial charge in [0.25, 0.3) is 5.91 Å². The molecule has 1 fully saturated rings. The lowest BCUT2D eigenvalue weighted by molar-refractivity contribution is 0.0735. The first-order valence-corrected chi connectivity index (χ1v) is 6.62. The van der Waals surface area contributed by atoms with E-state index in [1.165, 1.54) is 6.07 Å². The molecule has 0 aliphatic carbocycles. The van der Waals surface area contributed by atoms with Gasteiger partial charge in [-0.25, -0.2) is 4.39 Å². The second-order valence-corrected chi connectivity index (χ2v) is 4.77. The van der Waals surface area contributed by atoms with Gasteiger partial charge in [0.2, 0.25) is 11.8 Å². The molecule has 0 spiro atoms. The fourth-order valence-corrected chi connectivity index (χ4v) is 2.38. The molecule has 21 heavy (non-hydrogen) atoms. The van der Waals surface area contributed by atoms with Crippen molar-refractivity contribution < 1.29 is 9.18 Å². The van der Waals surface area contributed by atoms with Gasteiger partial charge in [-0.15, -0.1) is 5.10 Å². The summed E-state index contributed by atoms with van der Waals surface area (Å²) in [5, 5.41) is 6.14. The van der Waals surface area contributed by atoms with E-state index in [4.69, 9.17) is 5.73 Å². The van der Waals surface area contributed by atoms with Gasteiger partial charge in [-0.3, -0.25) is 9.89 Å². The Bertz CT molecular complexity index is 650. The molecule has 1 aliphatic heterocycles. The van der Waals surface area contributed by atoms with Crippen LogP contribution in [0.4, 0.5) is 16.0 Å². The Balaban J connectivity index is 1.65. The fraction of sp³-hybridized carbons (Fsp3) is 0.308. The van der Waals surface area contributed by atoms with Gasteiger partial charge in [0, 0.05) is 26.2 Å². The van der Waals surface area contributed by atoms with Crippen LogP contribution in [0.1, 0.15) is 10.6 Å². The summed E-state index contributed by atoms with van der Waals surface area (Å²) in [7, 11) is 0. The number of aromatic amines is 1. The van der Waals surface area contributed by atoms with Crippen molar-refractivity contribution in [2.24, 2.45) is 0 Å². The van der Waals surface area contributed by atoms with Gasteiger partial charge in [0.05, 0.1) is 5.69 Å². The summed E-state index contributed by atoms with van der Waals surface area (Å²) in [6.45, 7) is 2.12. The Hall–Kier alpha value is -2.64. The minimum atomic E-state index is -0.250. The number of aromatic nitrogens is 3. The molecule has 0 unspecified atom stereocenters. The van der Waals surface area contributed by atoms with E-state index >= 15 is 0 Å². The normalized spacial score (nSPS) is 15.3. The molecule has 2 heterocycles. The molecule has 1 amide bonds. The highest BCUT2D eigenvalue weighted by atomic mass is 19.1. The maximum Gasteiger partial charge on any atom is 0.291 e. The quantitative estimate of drug-likeness (QED) is 0.840. The molecular formula is C13H15FN6O. The van der Waals surface area contributed by atoms with Crippen molar-refractivity contribution in [3.63, 3.8) is 0 Å². The molecule has 1 aromatic carbocycles. The number of rotatable bonds is 2. The lowest BCUT2D eigenvalue weighted by Gasteiger charge is -2.35. The summed E-state index contributed by atoms with van der Waals surface area (Å²) in [6.07, 6.45) is 0. The zero-order valence-corrected chi connectivity index (χ0v) is 11.3. The first kappa shape index (κ1) is 13.3. The second kappa shape index (κ2) is 5.39. The maximum atomic E-state index is 13.7. The number of nitrogen functional groups attached to an aromatic ring is 1. The molecule has 7 nitrogen and oxygen atoms in total. The van der Waals surface area contributed by atoms with Crippen molar-refractivity contribution in [2.75, 3.05) is 36.8 Å². The van der Waals surface area contributed by atoms with Gasteiger partial charge in [-0.1, -0.05) is 12.1 Å². The van der Waals surface area contributed by atoms with Crippen molar-refractivity contribution in [1.29, 1.82) is 0 Å². The summed E-state index contributed by atoms with van der Waals surface area (Å²) < 4.78 is 13.7. The van der Waals surface area contributed by atoms with Crippen LogP contribution in [0.15, 0.2) is 24.3 Å². The SMILES string of the molecule is Nc1n[nH]c(C(=O)N2CCN(c3ccccc3F)CC2)n1. The Morgan fingerprint density at radius 3 is 2.57 bits per heavy atom. The number of anilines is 2. The molecular weight excluding hydrogens is 275 g/mol. The molecule has 1 saturated heterocycles. The minimum absolute atomic E-state index is 0.0448. The molecule has 2 aromatic rings. The van der Waals surface area contributed by atoms with Crippen LogP contribution in [0.2, 0.25) is 0 Å². The van der Waals surface area contributed by atoms with Crippen LogP contribution in [0, 0.1) is 5.82 Å². The first-order valence-electron chi connectivity index (χ1n) is 6.62. The second-order valence-electron chi connectivity index (χ2n) is 4.77. The molecule has 8 heteroatoms. The zero-order chi connectivity index (χ0) is 14.8. The topological polar surface area (TPSA) is 91.1 Å². The Kier molecular flexibility index (Phi) is 3.43. The van der Waals surface area contributed by atoms with Gasteiger partial charge >= 0.3 is 0 Å². The summed E-state index contributed by atoms with van der Waals surface area (Å²) in [5.41, 5.74) is 5.95. The minimum Gasteiger partial charge on any atom is -0.366 e. The third-order valence-electron chi connectivity index (χ3n) is 3.47. The van der Waals surface area contributed by atoms with Crippen LogP contribution >= 0.6 is 0 Å². The Morgan fingerprint density at radius 2 is 1.95 bits per heavy atom. The van der Waals surface area contributed by atoms with Crippen molar-refractivity contribution in [3.05, 3.63) is 35.9 Å². The average molecular weight is 290 g/mol. The molecule has 3 N–H and O–H groups in total. The van der Waals surface area contributed by atoms with E-state index in [-0.39, 0.29) is 23.5 Å². The number of carbonyl (C=O) groups excluding carboxylic acids is 1. The monoisotopic (exact) mass is 290 g/mol. The summed E-state index contributed by atoms with van der Waals surface area (Å²) in [4.78, 5) is 19.6. The van der Waals surface area contributed by atoms with E-state index in [9.17, 15) is 9.18 Å².